The largest absolute Gasteiger partial charge is 0.491 e. The molecule has 0 atom stereocenters. The normalized spacial score (nSPS) is 17.0. The maximum Gasteiger partial charge on any atom is 0.253 e. The lowest BCUT2D eigenvalue weighted by Crippen LogP contribution is -2.40. The van der Waals surface area contributed by atoms with Crippen LogP contribution in [0.5, 0.6) is 0 Å². The first-order valence-corrected chi connectivity index (χ1v) is 10.7. The Labute approximate surface area is 180 Å². The fraction of sp³-hybridized carbons (Fsp3) is 0.391. The van der Waals surface area contributed by atoms with E-state index in [1.807, 2.05) is 23.1 Å². The number of rotatable bonds is 6. The summed E-state index contributed by atoms with van der Waals surface area (Å²) in [6, 6.07) is 10.1. The highest BCUT2D eigenvalue weighted by Gasteiger charge is 2.24. The van der Waals surface area contributed by atoms with E-state index in [1.54, 1.807) is 0 Å². The van der Waals surface area contributed by atoms with Gasteiger partial charge in [-0.2, -0.15) is 0 Å². The summed E-state index contributed by atoms with van der Waals surface area (Å²) in [5, 5.41) is 3.47. The van der Waals surface area contributed by atoms with Gasteiger partial charge in [0.2, 0.25) is 0 Å². The Morgan fingerprint density at radius 2 is 2.10 bits per heavy atom. The van der Waals surface area contributed by atoms with Crippen LogP contribution in [0.2, 0.25) is 5.02 Å². The van der Waals surface area contributed by atoms with Crippen molar-refractivity contribution in [1.29, 1.82) is 0 Å². The first-order chi connectivity index (χ1) is 14.6. The van der Waals surface area contributed by atoms with Crippen molar-refractivity contribution in [2.75, 3.05) is 26.2 Å². The minimum atomic E-state index is -0.509. The second kappa shape index (κ2) is 9.58. The molecule has 3 heterocycles. The average Bonchev–Trinajstić information content (AvgIpc) is 3.31. The predicted octanol–water partition coefficient (Wildman–Crippen LogP) is 4.28. The molecule has 2 aromatic rings. The van der Waals surface area contributed by atoms with E-state index in [0.29, 0.717) is 31.1 Å². The van der Waals surface area contributed by atoms with Crippen LogP contribution in [-0.2, 0) is 11.3 Å². The number of aromatic nitrogens is 1. The van der Waals surface area contributed by atoms with Gasteiger partial charge in [0.15, 0.2) is 0 Å². The Kier molecular flexibility index (Phi) is 6.65. The molecule has 1 amide bonds. The number of benzene rings is 1. The van der Waals surface area contributed by atoms with Crippen LogP contribution < -0.4 is 5.32 Å². The highest BCUT2D eigenvalue weighted by Crippen LogP contribution is 2.22. The minimum absolute atomic E-state index is 0.0200. The zero-order valence-electron chi connectivity index (χ0n) is 16.7. The van der Waals surface area contributed by atoms with Gasteiger partial charge in [-0.3, -0.25) is 4.79 Å². The number of nitrogens with one attached hydrogen (secondary N) is 1. The summed E-state index contributed by atoms with van der Waals surface area (Å²) in [5.74, 6) is 0.782. The molecule has 0 aliphatic carbocycles. The fourth-order valence-electron chi connectivity index (χ4n) is 3.87. The molecule has 0 saturated carbocycles. The third-order valence-corrected chi connectivity index (χ3v) is 5.86. The quantitative estimate of drug-likeness (QED) is 0.744. The molecule has 1 N–H and O–H groups in total. The second-order valence-electron chi connectivity index (χ2n) is 7.72. The van der Waals surface area contributed by atoms with Gasteiger partial charge >= 0.3 is 0 Å². The lowest BCUT2D eigenvalue weighted by atomic mass is 9.96. The van der Waals surface area contributed by atoms with Crippen molar-refractivity contribution in [3.63, 3.8) is 0 Å². The molecule has 1 aromatic carbocycles. The molecule has 1 fully saturated rings. The lowest BCUT2D eigenvalue weighted by molar-refractivity contribution is 0.0690. The Bertz CT molecular complexity index is 942. The number of likely N-dealkylation sites (tertiary alicyclic amines) is 1. The Hall–Kier alpha value is -2.44. The van der Waals surface area contributed by atoms with E-state index in [1.165, 1.54) is 18.2 Å². The first-order valence-electron chi connectivity index (χ1n) is 10.3. The fourth-order valence-corrected chi connectivity index (χ4v) is 4.05. The third kappa shape index (κ3) is 4.99. The van der Waals surface area contributed by atoms with Crippen LogP contribution in [0.3, 0.4) is 0 Å². The number of carbonyl (C=O) groups is 1. The number of nitrogens with zero attached hydrogens (tertiary/aromatic N) is 2. The van der Waals surface area contributed by atoms with E-state index in [2.05, 4.69) is 16.4 Å². The molecular weight excluding hydrogens is 405 g/mol. The SMILES string of the molecule is O=C(c1ccc(F)c(Cl)c1)N1CCC(CNCc2cccc(C3=CCCO3)n2)CC1. The van der Waals surface area contributed by atoms with Crippen LogP contribution in [-0.4, -0.2) is 42.0 Å². The molecule has 0 bridgehead atoms. The number of carbonyl (C=O) groups excluding carboxylic acids is 1. The van der Waals surface area contributed by atoms with Crippen LogP contribution in [0.4, 0.5) is 4.39 Å². The molecule has 4 rings (SSSR count). The summed E-state index contributed by atoms with van der Waals surface area (Å²) in [4.78, 5) is 19.1. The van der Waals surface area contributed by atoms with Crippen LogP contribution in [0, 0.1) is 11.7 Å². The van der Waals surface area contributed by atoms with Gasteiger partial charge in [-0.05, 0) is 61.7 Å². The summed E-state index contributed by atoms with van der Waals surface area (Å²) in [7, 11) is 0. The van der Waals surface area contributed by atoms with Gasteiger partial charge in [-0.15, -0.1) is 0 Å². The third-order valence-electron chi connectivity index (χ3n) is 5.57. The van der Waals surface area contributed by atoms with Crippen molar-refractivity contribution in [1.82, 2.24) is 15.2 Å². The zero-order chi connectivity index (χ0) is 20.9. The summed E-state index contributed by atoms with van der Waals surface area (Å²) in [6.07, 6.45) is 4.88. The molecule has 2 aliphatic heterocycles. The standard InChI is InChI=1S/C23H25ClFN3O2/c24-19-13-17(6-7-20(19)25)23(29)28-10-8-16(9-11-28)14-26-15-18-3-1-4-21(27-18)22-5-2-12-30-22/h1,3-7,13,16,26H,2,8-12,14-15H2. The van der Waals surface area contributed by atoms with Crippen LogP contribution in [0.1, 0.15) is 41.0 Å². The van der Waals surface area contributed by atoms with Gasteiger partial charge < -0.3 is 15.0 Å². The van der Waals surface area contributed by atoms with E-state index in [0.717, 1.165) is 49.6 Å². The van der Waals surface area contributed by atoms with Crippen LogP contribution in [0.25, 0.3) is 5.76 Å². The number of pyridine rings is 1. The van der Waals surface area contributed by atoms with E-state index in [9.17, 15) is 9.18 Å². The van der Waals surface area contributed by atoms with Gasteiger partial charge in [0.05, 0.1) is 17.3 Å². The summed E-state index contributed by atoms with van der Waals surface area (Å²) < 4.78 is 18.9. The van der Waals surface area contributed by atoms with E-state index in [4.69, 9.17) is 16.3 Å². The van der Waals surface area contributed by atoms with E-state index < -0.39 is 5.82 Å². The van der Waals surface area contributed by atoms with Crippen molar-refractivity contribution in [3.8, 4) is 0 Å². The summed E-state index contributed by atoms with van der Waals surface area (Å²) in [6.45, 7) is 3.71. The zero-order valence-corrected chi connectivity index (χ0v) is 17.5. The number of hydrogen-bond acceptors (Lipinski definition) is 4. The summed E-state index contributed by atoms with van der Waals surface area (Å²) >= 11 is 5.81. The molecular formula is C23H25ClFN3O2. The smallest absolute Gasteiger partial charge is 0.253 e. The van der Waals surface area contributed by atoms with Crippen molar-refractivity contribution < 1.29 is 13.9 Å². The second-order valence-corrected chi connectivity index (χ2v) is 8.12. The molecule has 1 aromatic heterocycles. The Morgan fingerprint density at radius 1 is 1.27 bits per heavy atom. The molecule has 2 aliphatic rings. The average molecular weight is 430 g/mol. The van der Waals surface area contributed by atoms with Gasteiger partial charge in [0, 0.05) is 31.6 Å². The molecule has 7 heteroatoms. The molecule has 0 unspecified atom stereocenters. The lowest BCUT2D eigenvalue weighted by Gasteiger charge is -2.32. The molecule has 30 heavy (non-hydrogen) atoms. The summed E-state index contributed by atoms with van der Waals surface area (Å²) in [5.41, 5.74) is 2.31. The maximum atomic E-state index is 13.3. The van der Waals surface area contributed by atoms with Crippen LogP contribution in [0.15, 0.2) is 42.5 Å². The number of hydrogen-bond donors (Lipinski definition) is 1. The van der Waals surface area contributed by atoms with Crippen molar-refractivity contribution in [2.24, 2.45) is 5.92 Å². The topological polar surface area (TPSA) is 54.5 Å². The maximum absolute atomic E-state index is 13.3. The van der Waals surface area contributed by atoms with Gasteiger partial charge in [-0.1, -0.05) is 17.7 Å². The molecule has 5 nitrogen and oxygen atoms in total. The molecule has 158 valence electrons. The van der Waals surface area contributed by atoms with Crippen molar-refractivity contribution in [3.05, 3.63) is 70.3 Å². The van der Waals surface area contributed by atoms with Crippen molar-refractivity contribution in [2.45, 2.75) is 25.8 Å². The van der Waals surface area contributed by atoms with E-state index >= 15 is 0 Å². The molecule has 1 saturated heterocycles. The van der Waals surface area contributed by atoms with Crippen LogP contribution >= 0.6 is 11.6 Å². The number of ether oxygens (including phenoxy) is 1. The number of amides is 1. The van der Waals surface area contributed by atoms with Crippen molar-refractivity contribution >= 4 is 23.3 Å². The highest BCUT2D eigenvalue weighted by atomic mass is 35.5. The Balaban J connectivity index is 1.23. The number of piperidine rings is 1. The molecule has 0 spiro atoms. The predicted molar refractivity (Wildman–Crippen MR) is 115 cm³/mol. The number of halogens is 2. The van der Waals surface area contributed by atoms with Gasteiger partial charge in [-0.25, -0.2) is 9.37 Å². The minimum Gasteiger partial charge on any atom is -0.491 e. The monoisotopic (exact) mass is 429 g/mol. The Morgan fingerprint density at radius 3 is 2.83 bits per heavy atom. The van der Waals surface area contributed by atoms with E-state index in [-0.39, 0.29) is 10.9 Å². The highest BCUT2D eigenvalue weighted by molar-refractivity contribution is 6.31. The van der Waals surface area contributed by atoms with Gasteiger partial charge in [0.25, 0.3) is 5.91 Å². The van der Waals surface area contributed by atoms with Gasteiger partial charge in [0.1, 0.15) is 17.3 Å². The first kappa shape index (κ1) is 20.8. The molecule has 0 radical (unpaired) electrons.